The van der Waals surface area contributed by atoms with Crippen molar-refractivity contribution in [2.24, 2.45) is 5.73 Å². The maximum absolute atomic E-state index is 13.9. The molecule has 7 N–H and O–H groups in total. The minimum atomic E-state index is -1.51. The smallest absolute Gasteiger partial charge is 0.407 e. The van der Waals surface area contributed by atoms with E-state index in [1.165, 1.54) is 6.08 Å². The number of unbranched alkanes of at least 4 members (excludes halogenated alkanes) is 1. The van der Waals surface area contributed by atoms with Crippen LogP contribution in [0.15, 0.2) is 91.5 Å². The molecule has 3 aromatic carbocycles. The molecule has 1 aliphatic rings. The van der Waals surface area contributed by atoms with E-state index in [-0.39, 0.29) is 31.8 Å². The predicted molar refractivity (Wildman–Crippen MR) is 214 cm³/mol. The summed E-state index contributed by atoms with van der Waals surface area (Å²) in [4.78, 5) is 79.4. The molecule has 4 rings (SSSR count). The van der Waals surface area contributed by atoms with Crippen LogP contribution in [0.1, 0.15) is 75.5 Å². The van der Waals surface area contributed by atoms with Gasteiger partial charge in [-0.15, -0.1) is 6.58 Å². The fraction of sp³-hybridized carbons (Fsp3) is 0.395. The number of carboxylic acids is 1. The summed E-state index contributed by atoms with van der Waals surface area (Å²) in [6.45, 7) is 8.91. The molecule has 0 saturated carbocycles. The lowest BCUT2D eigenvalue weighted by Gasteiger charge is -2.26. The number of ether oxygens (including phenoxy) is 2. The van der Waals surface area contributed by atoms with Crippen molar-refractivity contribution in [3.05, 3.63) is 108 Å². The topological polar surface area (TPSA) is 215 Å². The zero-order chi connectivity index (χ0) is 41.5. The molecule has 14 nitrogen and oxygen atoms in total. The average molecular weight is 784 g/mol. The first kappa shape index (κ1) is 43.7. The standard InChI is InChI=1S/C43H53N5O9/c1-5-15-33(38(50)47-36(41(53)54)24-27-16-7-6-8-17-27)45-39(51)34(22-13-14-23-44)46-40(52)35(25-37(49)57-43(2,3)4)48-42(55)56-26-32-30-20-11-9-18-28(30)29-19-10-12-21-31(29)32/h5-12,16-21,32-36H,1,13-15,22-26,44H2,2-4H3,(H,45,51)(H,46,52)(H,47,50)(H,48,55)(H,53,54)/t33-,34+,35+,36-/m1/s1. The van der Waals surface area contributed by atoms with Gasteiger partial charge in [-0.2, -0.15) is 0 Å². The number of aliphatic carboxylic acids is 1. The highest BCUT2D eigenvalue weighted by molar-refractivity contribution is 5.96. The summed E-state index contributed by atoms with van der Waals surface area (Å²) in [6, 6.07) is 19.1. The van der Waals surface area contributed by atoms with Gasteiger partial charge in [0.25, 0.3) is 0 Å². The maximum Gasteiger partial charge on any atom is 0.407 e. The van der Waals surface area contributed by atoms with Gasteiger partial charge in [-0.25, -0.2) is 9.59 Å². The zero-order valence-electron chi connectivity index (χ0n) is 32.6. The number of hydrogen-bond donors (Lipinski definition) is 6. The van der Waals surface area contributed by atoms with Crippen molar-refractivity contribution in [3.8, 4) is 11.1 Å². The summed E-state index contributed by atoms with van der Waals surface area (Å²) >= 11 is 0. The SMILES string of the molecule is C=CC[C@@H](NC(=O)[C@H](CCCCN)NC(=O)[C@H](CC(=O)OC(C)(C)C)NC(=O)OCC1c2ccccc2-c2ccccc21)C(=O)N[C@H](Cc1ccccc1)C(=O)O. The summed E-state index contributed by atoms with van der Waals surface area (Å²) in [5.74, 6) is -4.70. The molecule has 0 aromatic heterocycles. The second-order valence-electron chi connectivity index (χ2n) is 14.8. The Hall–Kier alpha value is -6.02. The Morgan fingerprint density at radius 3 is 1.88 bits per heavy atom. The molecule has 304 valence electrons. The third-order valence-corrected chi connectivity index (χ3v) is 9.26. The lowest BCUT2D eigenvalue weighted by molar-refractivity contribution is -0.156. The number of esters is 1. The van der Waals surface area contributed by atoms with Gasteiger partial charge in [-0.05, 0) is 80.8 Å². The molecule has 0 saturated heterocycles. The first-order valence-electron chi connectivity index (χ1n) is 19.0. The maximum atomic E-state index is 13.9. The molecule has 0 unspecified atom stereocenters. The molecule has 0 radical (unpaired) electrons. The minimum Gasteiger partial charge on any atom is -0.480 e. The molecule has 0 spiro atoms. The molecular formula is C43H53N5O9. The van der Waals surface area contributed by atoms with Crippen LogP contribution < -0.4 is 27.0 Å². The van der Waals surface area contributed by atoms with Gasteiger partial charge in [-0.3, -0.25) is 19.2 Å². The summed E-state index contributed by atoms with van der Waals surface area (Å²) < 4.78 is 11.1. The van der Waals surface area contributed by atoms with Crippen molar-refractivity contribution < 1.29 is 43.3 Å². The Labute approximate surface area is 333 Å². The molecule has 0 fully saturated rings. The molecular weight excluding hydrogens is 730 g/mol. The van der Waals surface area contributed by atoms with Crippen molar-refractivity contribution in [3.63, 3.8) is 0 Å². The summed E-state index contributed by atoms with van der Waals surface area (Å²) in [6.07, 6.45) is 0.812. The number of amides is 4. The summed E-state index contributed by atoms with van der Waals surface area (Å²) in [7, 11) is 0. The van der Waals surface area contributed by atoms with Gasteiger partial charge in [0.15, 0.2) is 0 Å². The van der Waals surface area contributed by atoms with Crippen molar-refractivity contribution in [2.75, 3.05) is 13.2 Å². The number of hydrogen-bond acceptors (Lipinski definition) is 9. The van der Waals surface area contributed by atoms with Gasteiger partial charge in [0.1, 0.15) is 36.4 Å². The largest absolute Gasteiger partial charge is 0.480 e. The molecule has 0 bridgehead atoms. The first-order chi connectivity index (χ1) is 27.2. The zero-order valence-corrected chi connectivity index (χ0v) is 32.6. The van der Waals surface area contributed by atoms with Crippen LogP contribution in [-0.4, -0.2) is 83.8 Å². The molecule has 1 aliphatic carbocycles. The van der Waals surface area contributed by atoms with Crippen molar-refractivity contribution in [1.29, 1.82) is 0 Å². The summed E-state index contributed by atoms with van der Waals surface area (Å²) in [5, 5.41) is 20.1. The number of carboxylic acid groups (broad SMARTS) is 1. The number of fused-ring (bicyclic) bond motifs is 3. The molecule has 4 amide bonds. The van der Waals surface area contributed by atoms with Gasteiger partial charge >= 0.3 is 18.0 Å². The monoisotopic (exact) mass is 783 g/mol. The van der Waals surface area contributed by atoms with E-state index in [1.54, 1.807) is 51.1 Å². The lowest BCUT2D eigenvalue weighted by Crippen LogP contribution is -2.58. The van der Waals surface area contributed by atoms with Crippen LogP contribution in [0.4, 0.5) is 4.79 Å². The van der Waals surface area contributed by atoms with Gasteiger partial charge in [-0.1, -0.05) is 84.9 Å². The normalized spacial score (nSPS) is 14.0. The van der Waals surface area contributed by atoms with Gasteiger partial charge in [0.2, 0.25) is 17.7 Å². The van der Waals surface area contributed by atoms with Crippen LogP contribution in [0.3, 0.4) is 0 Å². The molecule has 4 atom stereocenters. The number of benzene rings is 3. The van der Waals surface area contributed by atoms with E-state index in [4.69, 9.17) is 15.2 Å². The molecule has 0 aliphatic heterocycles. The van der Waals surface area contributed by atoms with E-state index < -0.39 is 71.9 Å². The van der Waals surface area contributed by atoms with Gasteiger partial charge in [0, 0.05) is 12.3 Å². The van der Waals surface area contributed by atoms with E-state index in [0.29, 0.717) is 24.9 Å². The number of alkyl carbamates (subject to hydrolysis) is 1. The van der Waals surface area contributed by atoms with E-state index in [2.05, 4.69) is 27.8 Å². The van der Waals surface area contributed by atoms with Crippen LogP contribution in [0, 0.1) is 0 Å². The number of rotatable bonds is 20. The Kier molecular flexibility index (Phi) is 15.9. The van der Waals surface area contributed by atoms with Crippen molar-refractivity contribution in [1.82, 2.24) is 21.3 Å². The highest BCUT2D eigenvalue weighted by Crippen LogP contribution is 2.44. The van der Waals surface area contributed by atoms with E-state index in [0.717, 1.165) is 22.3 Å². The van der Waals surface area contributed by atoms with Crippen LogP contribution in [0.2, 0.25) is 0 Å². The predicted octanol–water partition coefficient (Wildman–Crippen LogP) is 4.11. The van der Waals surface area contributed by atoms with Crippen molar-refractivity contribution in [2.45, 2.75) is 95.0 Å². The highest BCUT2D eigenvalue weighted by Gasteiger charge is 2.34. The molecule has 3 aromatic rings. The Morgan fingerprint density at radius 2 is 1.30 bits per heavy atom. The van der Waals surface area contributed by atoms with Crippen LogP contribution in [-0.2, 0) is 39.9 Å². The molecule has 57 heavy (non-hydrogen) atoms. The third kappa shape index (κ3) is 13.0. The fourth-order valence-electron chi connectivity index (χ4n) is 6.57. The third-order valence-electron chi connectivity index (χ3n) is 9.26. The highest BCUT2D eigenvalue weighted by atomic mass is 16.6. The number of carbonyl (C=O) groups excluding carboxylic acids is 5. The Morgan fingerprint density at radius 1 is 0.754 bits per heavy atom. The Bertz CT molecular complexity index is 1850. The van der Waals surface area contributed by atoms with E-state index in [9.17, 15) is 33.9 Å². The number of nitrogens with one attached hydrogen (secondary N) is 4. The Balaban J connectivity index is 1.49. The first-order valence-corrected chi connectivity index (χ1v) is 19.0. The average Bonchev–Trinajstić information content (AvgIpc) is 3.49. The van der Waals surface area contributed by atoms with Crippen LogP contribution in [0.5, 0.6) is 0 Å². The fourth-order valence-corrected chi connectivity index (χ4v) is 6.57. The van der Waals surface area contributed by atoms with Crippen LogP contribution in [0.25, 0.3) is 11.1 Å². The second kappa shape index (κ2) is 20.8. The second-order valence-corrected chi connectivity index (χ2v) is 14.8. The van der Waals surface area contributed by atoms with Gasteiger partial charge in [0.05, 0.1) is 6.42 Å². The minimum absolute atomic E-state index is 0.00412. The van der Waals surface area contributed by atoms with Crippen molar-refractivity contribution >= 4 is 35.8 Å². The lowest BCUT2D eigenvalue weighted by atomic mass is 9.98. The van der Waals surface area contributed by atoms with Crippen LogP contribution >= 0.6 is 0 Å². The quantitative estimate of drug-likeness (QED) is 0.0548. The number of carbonyl (C=O) groups is 6. The van der Waals surface area contributed by atoms with E-state index >= 15 is 0 Å². The molecule has 0 heterocycles. The number of nitrogens with two attached hydrogens (primary N) is 1. The molecule has 14 heteroatoms. The summed E-state index contributed by atoms with van der Waals surface area (Å²) in [5.41, 5.74) is 9.53. The van der Waals surface area contributed by atoms with Gasteiger partial charge < -0.3 is 41.6 Å². The van der Waals surface area contributed by atoms with E-state index in [1.807, 2.05) is 48.5 Å².